The molecule has 0 saturated carbocycles. The van der Waals surface area contributed by atoms with Crippen LogP contribution in [-0.4, -0.2) is 61.6 Å². The summed E-state index contributed by atoms with van der Waals surface area (Å²) in [4.78, 5) is 85.0. The van der Waals surface area contributed by atoms with Crippen LogP contribution in [0.4, 0.5) is 21.0 Å². The first-order valence-corrected chi connectivity index (χ1v) is 32.6. The standard InChI is InChI=1S/C71H99N3O8/c1-3-5-7-9-11-13-15-17-19-21-22-23-25-27-29-31-33-35-41-52-81-70(79)73-60-48-46-54(62-64(60)68(77)58-44-38-36-42-56(58)66(62)75)55-47-49-61(65-63(55)67(76)57-43-37-39-45-59(57)69(65)78)74-71(80)82-53-51-72-50-40-34-32-30-28-26-24-20-18-16-14-12-10-8-6-4-2/h36-39,42-49,72H,3-35,40-41,50-53H2,1-2H3,(H,73,79)(H,74,80). The Hall–Kier alpha value is -5.94. The zero-order valence-corrected chi connectivity index (χ0v) is 50.3. The summed E-state index contributed by atoms with van der Waals surface area (Å²) in [6, 6.07) is 19.2. The lowest BCUT2D eigenvalue weighted by atomic mass is 9.75. The van der Waals surface area contributed by atoms with Crippen LogP contribution in [-0.2, 0) is 9.47 Å². The molecule has 0 aliphatic heterocycles. The number of hydrogen-bond donors (Lipinski definition) is 3. The maximum Gasteiger partial charge on any atom is 0.411 e. The number of benzene rings is 4. The number of carbonyl (C=O) groups is 6. The summed E-state index contributed by atoms with van der Waals surface area (Å²) in [6.07, 6.45) is 43.6. The molecule has 0 aromatic heterocycles. The van der Waals surface area contributed by atoms with Gasteiger partial charge in [-0.15, -0.1) is 0 Å². The molecule has 4 aromatic rings. The van der Waals surface area contributed by atoms with E-state index < -0.39 is 35.3 Å². The number of rotatable bonds is 43. The van der Waals surface area contributed by atoms with Crippen LogP contribution in [0.3, 0.4) is 0 Å². The highest BCUT2D eigenvalue weighted by Gasteiger charge is 2.39. The summed E-state index contributed by atoms with van der Waals surface area (Å²) in [5, 5.41) is 8.82. The van der Waals surface area contributed by atoms with Crippen LogP contribution in [0.5, 0.6) is 0 Å². The maximum absolute atomic E-state index is 14.7. The number of carbonyl (C=O) groups excluding carboxylic acids is 6. The zero-order valence-electron chi connectivity index (χ0n) is 50.3. The Morgan fingerprint density at radius 2 is 0.585 bits per heavy atom. The largest absolute Gasteiger partial charge is 0.449 e. The molecule has 82 heavy (non-hydrogen) atoms. The molecule has 2 aliphatic carbocycles. The number of ether oxygens (including phenoxy) is 2. The summed E-state index contributed by atoms with van der Waals surface area (Å²) in [5.74, 6) is -1.94. The molecule has 11 nitrogen and oxygen atoms in total. The Labute approximate surface area is 492 Å². The molecule has 6 rings (SSSR count). The van der Waals surface area contributed by atoms with Crippen molar-refractivity contribution in [2.45, 2.75) is 239 Å². The molecule has 446 valence electrons. The van der Waals surface area contributed by atoms with Gasteiger partial charge in [0.25, 0.3) is 0 Å². The lowest BCUT2D eigenvalue weighted by molar-refractivity contribution is 0.0978. The third kappa shape index (κ3) is 20.7. The van der Waals surface area contributed by atoms with Crippen LogP contribution in [0, 0.1) is 0 Å². The van der Waals surface area contributed by atoms with Crippen molar-refractivity contribution >= 4 is 46.7 Å². The maximum atomic E-state index is 14.7. The quantitative estimate of drug-likeness (QED) is 0.0317. The van der Waals surface area contributed by atoms with Gasteiger partial charge in [-0.2, -0.15) is 0 Å². The van der Waals surface area contributed by atoms with Crippen LogP contribution >= 0.6 is 0 Å². The van der Waals surface area contributed by atoms with Gasteiger partial charge in [0.2, 0.25) is 0 Å². The van der Waals surface area contributed by atoms with Gasteiger partial charge < -0.3 is 14.8 Å². The summed E-state index contributed by atoms with van der Waals surface area (Å²) >= 11 is 0. The summed E-state index contributed by atoms with van der Waals surface area (Å²) < 4.78 is 11.1. The highest BCUT2D eigenvalue weighted by molar-refractivity contribution is 6.35. The van der Waals surface area contributed by atoms with Crippen molar-refractivity contribution in [1.82, 2.24) is 5.32 Å². The Bertz CT molecular complexity index is 2460. The number of unbranched alkanes of at least 4 members (excludes halogenated alkanes) is 33. The van der Waals surface area contributed by atoms with Gasteiger partial charge in [-0.25, -0.2) is 9.59 Å². The van der Waals surface area contributed by atoms with Gasteiger partial charge in [0.1, 0.15) is 6.61 Å². The van der Waals surface area contributed by atoms with E-state index in [4.69, 9.17) is 9.47 Å². The fraction of sp³-hybridized carbons (Fsp3) is 0.577. The number of ketones is 4. The second kappa shape index (κ2) is 38.0. The third-order valence-corrected chi connectivity index (χ3v) is 16.6. The number of hydrogen-bond acceptors (Lipinski definition) is 9. The van der Waals surface area contributed by atoms with E-state index in [1.807, 2.05) is 0 Å². The van der Waals surface area contributed by atoms with Gasteiger partial charge in [0.15, 0.2) is 23.1 Å². The van der Waals surface area contributed by atoms with Crippen LogP contribution in [0.1, 0.15) is 302 Å². The lowest BCUT2D eigenvalue weighted by Crippen LogP contribution is -2.27. The minimum Gasteiger partial charge on any atom is -0.449 e. The topological polar surface area (TPSA) is 157 Å². The minimum absolute atomic E-state index is 0.0196. The van der Waals surface area contributed by atoms with Crippen molar-refractivity contribution in [3.05, 3.63) is 117 Å². The van der Waals surface area contributed by atoms with Crippen molar-refractivity contribution in [2.75, 3.05) is 36.9 Å². The van der Waals surface area contributed by atoms with E-state index in [-0.39, 0.29) is 80.2 Å². The highest BCUT2D eigenvalue weighted by Crippen LogP contribution is 2.44. The molecule has 0 fully saturated rings. The van der Waals surface area contributed by atoms with E-state index in [9.17, 15) is 28.8 Å². The average molecular weight is 1120 g/mol. The molecule has 4 aromatic carbocycles. The second-order valence-corrected chi connectivity index (χ2v) is 23.2. The lowest BCUT2D eigenvalue weighted by Gasteiger charge is -2.26. The van der Waals surface area contributed by atoms with Crippen molar-refractivity contribution in [3.63, 3.8) is 0 Å². The Kier molecular flexibility index (Phi) is 30.2. The van der Waals surface area contributed by atoms with Gasteiger partial charge in [0, 0.05) is 39.9 Å². The number of anilines is 2. The summed E-state index contributed by atoms with van der Waals surface area (Å²) in [5.41, 5.74) is 1.16. The monoisotopic (exact) mass is 1120 g/mol. The fourth-order valence-electron chi connectivity index (χ4n) is 11.9. The van der Waals surface area contributed by atoms with E-state index in [1.54, 1.807) is 60.7 Å². The molecule has 3 N–H and O–H groups in total. The third-order valence-electron chi connectivity index (χ3n) is 16.6. The van der Waals surface area contributed by atoms with Crippen LogP contribution in [0.25, 0.3) is 11.1 Å². The number of nitrogens with one attached hydrogen (secondary N) is 3. The first-order valence-electron chi connectivity index (χ1n) is 32.6. The SMILES string of the molecule is CCCCCCCCCCCCCCCCCCCCCOC(=O)Nc1ccc(-c2ccc(NC(=O)OCCNCCCCCCCCCCCCCCCCCC)c3c2C(=O)c2ccccc2C3=O)c2c1C(=O)c1ccccc1C2=O. The first kappa shape index (κ1) is 65.2. The van der Waals surface area contributed by atoms with Gasteiger partial charge in [0.05, 0.1) is 29.1 Å². The Morgan fingerprint density at radius 3 is 0.915 bits per heavy atom. The molecule has 2 aliphatic rings. The van der Waals surface area contributed by atoms with Gasteiger partial charge in [-0.3, -0.25) is 29.8 Å². The normalized spacial score (nSPS) is 12.5. The fourth-order valence-corrected chi connectivity index (χ4v) is 11.9. The van der Waals surface area contributed by atoms with Crippen molar-refractivity contribution in [1.29, 1.82) is 0 Å². The van der Waals surface area contributed by atoms with Crippen molar-refractivity contribution in [3.8, 4) is 11.1 Å². The van der Waals surface area contributed by atoms with E-state index >= 15 is 0 Å². The first-order chi connectivity index (χ1) is 40.3. The van der Waals surface area contributed by atoms with E-state index in [0.29, 0.717) is 13.0 Å². The van der Waals surface area contributed by atoms with E-state index in [1.165, 1.54) is 198 Å². The highest BCUT2D eigenvalue weighted by atomic mass is 16.6. The summed E-state index contributed by atoms with van der Waals surface area (Å²) in [6.45, 7) is 6.11. The smallest absolute Gasteiger partial charge is 0.411 e. The Balaban J connectivity index is 0.982. The second-order valence-electron chi connectivity index (χ2n) is 23.2. The zero-order chi connectivity index (χ0) is 58.0. The molecule has 0 bridgehead atoms. The van der Waals surface area contributed by atoms with E-state index in [0.717, 1.165) is 38.6 Å². The predicted octanol–water partition coefficient (Wildman–Crippen LogP) is 19.3. The Morgan fingerprint density at radius 1 is 0.305 bits per heavy atom. The molecule has 0 radical (unpaired) electrons. The molecular weight excluding hydrogens is 1020 g/mol. The molecule has 2 amide bonds. The van der Waals surface area contributed by atoms with E-state index in [2.05, 4.69) is 29.8 Å². The summed E-state index contributed by atoms with van der Waals surface area (Å²) in [7, 11) is 0. The molecule has 0 unspecified atom stereocenters. The molecular formula is C71H99N3O8. The van der Waals surface area contributed by atoms with Crippen molar-refractivity contribution in [2.24, 2.45) is 0 Å². The molecule has 0 saturated heterocycles. The molecule has 11 heteroatoms. The molecule has 0 heterocycles. The minimum atomic E-state index is -0.786. The van der Waals surface area contributed by atoms with Crippen LogP contribution in [0.2, 0.25) is 0 Å². The molecule has 0 atom stereocenters. The van der Waals surface area contributed by atoms with Crippen LogP contribution < -0.4 is 16.0 Å². The van der Waals surface area contributed by atoms with Gasteiger partial charge in [-0.1, -0.05) is 286 Å². The van der Waals surface area contributed by atoms with Crippen molar-refractivity contribution < 1.29 is 38.2 Å². The number of fused-ring (bicyclic) bond motifs is 4. The predicted molar refractivity (Wildman–Crippen MR) is 334 cm³/mol. The van der Waals surface area contributed by atoms with Gasteiger partial charge >= 0.3 is 12.2 Å². The average Bonchev–Trinajstić information content (AvgIpc) is 1.28. The molecule has 0 spiro atoms. The van der Waals surface area contributed by atoms with Crippen LogP contribution in [0.15, 0.2) is 72.8 Å². The van der Waals surface area contributed by atoms with Gasteiger partial charge in [-0.05, 0) is 42.6 Å². The number of amides is 2.